The maximum absolute atomic E-state index is 12.5. The number of rotatable bonds is 1. The van der Waals surface area contributed by atoms with Crippen molar-refractivity contribution in [2.45, 2.75) is 44.6 Å². The smallest absolute Gasteiger partial charge is 0.228 e. The van der Waals surface area contributed by atoms with Crippen molar-refractivity contribution in [2.75, 3.05) is 4.90 Å². The zero-order chi connectivity index (χ0) is 12.8. The highest BCUT2D eigenvalue weighted by molar-refractivity contribution is 6.04. The number of carbonyl (C=O) groups is 1. The number of nitrogens with one attached hydrogen (secondary N) is 1. The Morgan fingerprint density at radius 2 is 2.11 bits per heavy atom. The molecule has 2 aliphatic rings. The third kappa shape index (κ3) is 1.59. The summed E-state index contributed by atoms with van der Waals surface area (Å²) in [5, 5.41) is 1.15. The summed E-state index contributed by atoms with van der Waals surface area (Å²) < 4.78 is 0. The first-order chi connectivity index (χ1) is 9.34. The molecule has 1 fully saturated rings. The van der Waals surface area contributed by atoms with Gasteiger partial charge in [-0.05, 0) is 30.9 Å². The fourth-order valence-corrected chi connectivity index (χ4v) is 3.52. The predicted molar refractivity (Wildman–Crippen MR) is 74.2 cm³/mol. The number of pyridine rings is 1. The topological polar surface area (TPSA) is 49.0 Å². The van der Waals surface area contributed by atoms with Gasteiger partial charge < -0.3 is 4.98 Å². The van der Waals surface area contributed by atoms with E-state index in [2.05, 4.69) is 9.97 Å². The van der Waals surface area contributed by atoms with Crippen LogP contribution in [0.2, 0.25) is 0 Å². The molecular formula is C15H17N3O. The van der Waals surface area contributed by atoms with Crippen molar-refractivity contribution >= 4 is 22.6 Å². The molecular weight excluding hydrogens is 238 g/mol. The van der Waals surface area contributed by atoms with Gasteiger partial charge in [0, 0.05) is 30.2 Å². The summed E-state index contributed by atoms with van der Waals surface area (Å²) >= 11 is 0. The second kappa shape index (κ2) is 4.08. The lowest BCUT2D eigenvalue weighted by Crippen LogP contribution is -2.39. The van der Waals surface area contributed by atoms with Crippen LogP contribution in [-0.4, -0.2) is 21.9 Å². The number of aromatic amines is 1. The van der Waals surface area contributed by atoms with E-state index in [4.69, 9.17) is 0 Å². The van der Waals surface area contributed by atoms with Gasteiger partial charge in [-0.15, -0.1) is 0 Å². The van der Waals surface area contributed by atoms with Crippen LogP contribution in [0.5, 0.6) is 0 Å². The van der Waals surface area contributed by atoms with Crippen molar-refractivity contribution in [1.29, 1.82) is 0 Å². The molecule has 0 aromatic carbocycles. The minimum atomic E-state index is 0.239. The summed E-state index contributed by atoms with van der Waals surface area (Å²) in [5.41, 5.74) is 2.32. The first kappa shape index (κ1) is 11.0. The lowest BCUT2D eigenvalue weighted by molar-refractivity contribution is -0.119. The standard InChI is InChI=1S/C15H17N3O/c19-13-6-5-10-9-17-12-7-8-16-15(14(10)12)18(13)11-3-1-2-4-11/h7-9,11,17H,1-6H2. The van der Waals surface area contributed by atoms with Gasteiger partial charge in [0.2, 0.25) is 5.91 Å². The van der Waals surface area contributed by atoms with Crippen LogP contribution in [0, 0.1) is 0 Å². The van der Waals surface area contributed by atoms with E-state index in [-0.39, 0.29) is 5.91 Å². The molecule has 1 N–H and O–H groups in total. The molecule has 0 unspecified atom stereocenters. The van der Waals surface area contributed by atoms with Gasteiger partial charge >= 0.3 is 0 Å². The van der Waals surface area contributed by atoms with Crippen molar-refractivity contribution in [3.05, 3.63) is 24.0 Å². The number of hydrogen-bond acceptors (Lipinski definition) is 2. The Balaban J connectivity index is 1.92. The quantitative estimate of drug-likeness (QED) is 0.851. The van der Waals surface area contributed by atoms with Gasteiger partial charge in [0.1, 0.15) is 5.82 Å². The second-order valence-corrected chi connectivity index (χ2v) is 5.57. The number of carbonyl (C=O) groups excluding carboxylic acids is 1. The van der Waals surface area contributed by atoms with Gasteiger partial charge in [-0.3, -0.25) is 9.69 Å². The first-order valence-corrected chi connectivity index (χ1v) is 7.11. The zero-order valence-electron chi connectivity index (χ0n) is 10.9. The Labute approximate surface area is 111 Å². The summed E-state index contributed by atoms with van der Waals surface area (Å²) in [5.74, 6) is 1.12. The molecule has 4 nitrogen and oxygen atoms in total. The number of anilines is 1. The predicted octanol–water partition coefficient (Wildman–Crippen LogP) is 2.78. The minimum Gasteiger partial charge on any atom is -0.361 e. The third-order valence-electron chi connectivity index (χ3n) is 4.45. The molecule has 0 atom stereocenters. The highest BCUT2D eigenvalue weighted by Crippen LogP contribution is 2.36. The number of amides is 1. The van der Waals surface area contributed by atoms with Gasteiger partial charge in [-0.1, -0.05) is 12.8 Å². The molecule has 2 aromatic rings. The maximum atomic E-state index is 12.5. The van der Waals surface area contributed by atoms with E-state index in [1.54, 1.807) is 6.20 Å². The van der Waals surface area contributed by atoms with Crippen LogP contribution in [0.1, 0.15) is 37.7 Å². The Kier molecular flexibility index (Phi) is 2.37. The molecule has 1 aliphatic heterocycles. The van der Waals surface area contributed by atoms with E-state index in [1.165, 1.54) is 18.4 Å². The Hall–Kier alpha value is -1.84. The molecule has 2 aromatic heterocycles. The molecule has 0 radical (unpaired) electrons. The van der Waals surface area contributed by atoms with Gasteiger partial charge in [-0.2, -0.15) is 0 Å². The Morgan fingerprint density at radius 1 is 1.26 bits per heavy atom. The van der Waals surface area contributed by atoms with Crippen LogP contribution in [0.25, 0.3) is 10.9 Å². The fraction of sp³-hybridized carbons (Fsp3) is 0.467. The average molecular weight is 255 g/mol. The maximum Gasteiger partial charge on any atom is 0.228 e. The van der Waals surface area contributed by atoms with E-state index < -0.39 is 0 Å². The summed E-state index contributed by atoms with van der Waals surface area (Å²) in [6.45, 7) is 0. The van der Waals surface area contributed by atoms with Crippen LogP contribution in [0.3, 0.4) is 0 Å². The molecule has 19 heavy (non-hydrogen) atoms. The Bertz CT molecular complexity index is 640. The van der Waals surface area contributed by atoms with E-state index in [0.717, 1.165) is 36.0 Å². The van der Waals surface area contributed by atoms with Crippen LogP contribution < -0.4 is 4.90 Å². The SMILES string of the molecule is O=C1CCc2c[nH]c3ccnc(c23)N1C1CCCC1. The average Bonchev–Trinajstić information content (AvgIpc) is 3.03. The van der Waals surface area contributed by atoms with E-state index in [9.17, 15) is 4.79 Å². The normalized spacial score (nSPS) is 20.2. The number of hydrogen-bond donors (Lipinski definition) is 1. The number of aryl methyl sites for hydroxylation is 1. The van der Waals surface area contributed by atoms with E-state index in [0.29, 0.717) is 12.5 Å². The van der Waals surface area contributed by atoms with Crippen LogP contribution in [0.4, 0.5) is 5.82 Å². The first-order valence-electron chi connectivity index (χ1n) is 7.11. The lowest BCUT2D eigenvalue weighted by Gasteiger charge is -2.27. The fourth-order valence-electron chi connectivity index (χ4n) is 3.52. The molecule has 1 amide bonds. The summed E-state index contributed by atoms with van der Waals surface area (Å²) in [6.07, 6.45) is 9.93. The molecule has 1 aliphatic carbocycles. The highest BCUT2D eigenvalue weighted by atomic mass is 16.2. The van der Waals surface area contributed by atoms with Crippen molar-refractivity contribution in [3.8, 4) is 0 Å². The summed E-state index contributed by atoms with van der Waals surface area (Å²) in [7, 11) is 0. The molecule has 3 heterocycles. The molecule has 4 rings (SSSR count). The molecule has 98 valence electrons. The third-order valence-corrected chi connectivity index (χ3v) is 4.45. The lowest BCUT2D eigenvalue weighted by atomic mass is 10.1. The van der Waals surface area contributed by atoms with Crippen LogP contribution in [0.15, 0.2) is 18.5 Å². The van der Waals surface area contributed by atoms with Gasteiger partial charge in [0.15, 0.2) is 0 Å². The van der Waals surface area contributed by atoms with E-state index >= 15 is 0 Å². The monoisotopic (exact) mass is 255 g/mol. The van der Waals surface area contributed by atoms with Gasteiger partial charge in [0.25, 0.3) is 0 Å². The molecule has 4 heteroatoms. The van der Waals surface area contributed by atoms with Gasteiger partial charge in [0.05, 0.1) is 5.52 Å². The molecule has 0 spiro atoms. The Morgan fingerprint density at radius 3 is 2.95 bits per heavy atom. The number of nitrogens with zero attached hydrogens (tertiary/aromatic N) is 2. The largest absolute Gasteiger partial charge is 0.361 e. The van der Waals surface area contributed by atoms with Crippen LogP contribution >= 0.6 is 0 Å². The highest BCUT2D eigenvalue weighted by Gasteiger charge is 2.32. The number of aromatic nitrogens is 2. The number of H-pyrrole nitrogens is 1. The molecule has 1 saturated carbocycles. The molecule has 0 saturated heterocycles. The second-order valence-electron chi connectivity index (χ2n) is 5.57. The van der Waals surface area contributed by atoms with Crippen molar-refractivity contribution in [1.82, 2.24) is 9.97 Å². The zero-order valence-corrected chi connectivity index (χ0v) is 10.9. The van der Waals surface area contributed by atoms with Crippen LogP contribution in [-0.2, 0) is 11.2 Å². The van der Waals surface area contributed by atoms with Crippen molar-refractivity contribution < 1.29 is 4.79 Å². The van der Waals surface area contributed by atoms with E-state index in [1.807, 2.05) is 17.2 Å². The summed E-state index contributed by atoms with van der Waals surface area (Å²) in [6, 6.07) is 2.34. The van der Waals surface area contributed by atoms with Crippen molar-refractivity contribution in [2.24, 2.45) is 0 Å². The molecule has 0 bridgehead atoms. The minimum absolute atomic E-state index is 0.239. The van der Waals surface area contributed by atoms with Crippen molar-refractivity contribution in [3.63, 3.8) is 0 Å². The summed E-state index contributed by atoms with van der Waals surface area (Å²) in [4.78, 5) is 22.3. The van der Waals surface area contributed by atoms with Gasteiger partial charge in [-0.25, -0.2) is 4.98 Å².